The van der Waals surface area contributed by atoms with Gasteiger partial charge in [-0.1, -0.05) is 0 Å². The van der Waals surface area contributed by atoms with Gasteiger partial charge in [0.1, 0.15) is 5.75 Å². The van der Waals surface area contributed by atoms with Crippen LogP contribution in [0.15, 0.2) is 24.3 Å². The SMILES string of the molecule is CC(=O)NNC(=O)COc1ccc(N)cc1. The highest BCUT2D eigenvalue weighted by Crippen LogP contribution is 2.12. The van der Waals surface area contributed by atoms with Crippen LogP contribution in [0.3, 0.4) is 0 Å². The Hall–Kier alpha value is -2.24. The first-order chi connectivity index (χ1) is 7.58. The molecule has 86 valence electrons. The molecule has 6 nitrogen and oxygen atoms in total. The summed E-state index contributed by atoms with van der Waals surface area (Å²) in [5.41, 5.74) is 10.4. The van der Waals surface area contributed by atoms with Gasteiger partial charge in [-0.2, -0.15) is 0 Å². The number of hydrazine groups is 1. The second kappa shape index (κ2) is 5.59. The predicted octanol–water partition coefficient (Wildman–Crippen LogP) is -0.185. The molecule has 1 aromatic carbocycles. The van der Waals surface area contributed by atoms with Crippen LogP contribution in [-0.2, 0) is 9.59 Å². The Bertz CT molecular complexity index is 375. The number of carbonyl (C=O) groups is 2. The fraction of sp³-hybridized carbons (Fsp3) is 0.200. The molecule has 0 aliphatic carbocycles. The number of benzene rings is 1. The van der Waals surface area contributed by atoms with E-state index in [1.165, 1.54) is 6.92 Å². The minimum Gasteiger partial charge on any atom is -0.484 e. The number of rotatable bonds is 3. The van der Waals surface area contributed by atoms with E-state index in [-0.39, 0.29) is 12.5 Å². The van der Waals surface area contributed by atoms with Gasteiger partial charge in [-0.3, -0.25) is 20.4 Å². The van der Waals surface area contributed by atoms with E-state index in [1.54, 1.807) is 24.3 Å². The highest BCUT2D eigenvalue weighted by atomic mass is 16.5. The molecule has 0 bridgehead atoms. The molecule has 0 heterocycles. The molecule has 0 aromatic heterocycles. The number of ether oxygens (including phenoxy) is 1. The van der Waals surface area contributed by atoms with Crippen molar-refractivity contribution >= 4 is 17.5 Å². The Morgan fingerprint density at radius 3 is 2.44 bits per heavy atom. The third-order valence-electron chi connectivity index (χ3n) is 1.63. The van der Waals surface area contributed by atoms with Crippen LogP contribution < -0.4 is 21.3 Å². The van der Waals surface area contributed by atoms with Gasteiger partial charge in [-0.15, -0.1) is 0 Å². The first-order valence-electron chi connectivity index (χ1n) is 4.61. The van der Waals surface area contributed by atoms with Crippen molar-refractivity contribution in [3.63, 3.8) is 0 Å². The Morgan fingerprint density at radius 2 is 1.88 bits per heavy atom. The first kappa shape index (κ1) is 11.8. The molecule has 0 radical (unpaired) electrons. The number of nitrogen functional groups attached to an aromatic ring is 1. The normalized spacial score (nSPS) is 9.31. The van der Waals surface area contributed by atoms with E-state index < -0.39 is 5.91 Å². The second-order valence-corrected chi connectivity index (χ2v) is 3.09. The van der Waals surface area contributed by atoms with E-state index in [0.717, 1.165) is 0 Å². The van der Waals surface area contributed by atoms with Gasteiger partial charge in [0.2, 0.25) is 5.91 Å². The molecule has 0 fully saturated rings. The number of anilines is 1. The van der Waals surface area contributed by atoms with E-state index in [2.05, 4.69) is 10.9 Å². The summed E-state index contributed by atoms with van der Waals surface area (Å²) in [6.07, 6.45) is 0. The summed E-state index contributed by atoms with van der Waals surface area (Å²) in [4.78, 5) is 21.6. The topological polar surface area (TPSA) is 93.5 Å². The van der Waals surface area contributed by atoms with Crippen molar-refractivity contribution in [2.75, 3.05) is 12.3 Å². The van der Waals surface area contributed by atoms with Crippen molar-refractivity contribution in [1.29, 1.82) is 0 Å². The Balaban J connectivity index is 2.31. The van der Waals surface area contributed by atoms with Crippen LogP contribution in [0.25, 0.3) is 0 Å². The molecule has 0 aliphatic rings. The van der Waals surface area contributed by atoms with E-state index in [0.29, 0.717) is 11.4 Å². The van der Waals surface area contributed by atoms with Crippen LogP contribution in [0.1, 0.15) is 6.92 Å². The summed E-state index contributed by atoms with van der Waals surface area (Å²) < 4.78 is 5.14. The summed E-state index contributed by atoms with van der Waals surface area (Å²) in [6, 6.07) is 6.64. The molecule has 16 heavy (non-hydrogen) atoms. The maximum absolute atomic E-state index is 11.1. The molecule has 0 aliphatic heterocycles. The maximum atomic E-state index is 11.1. The van der Waals surface area contributed by atoms with Crippen molar-refractivity contribution in [2.45, 2.75) is 6.92 Å². The summed E-state index contributed by atoms with van der Waals surface area (Å²) in [5, 5.41) is 0. The van der Waals surface area contributed by atoms with Crippen molar-refractivity contribution in [3.05, 3.63) is 24.3 Å². The lowest BCUT2D eigenvalue weighted by molar-refractivity contribution is -0.129. The lowest BCUT2D eigenvalue weighted by atomic mass is 10.3. The number of hydrogen-bond donors (Lipinski definition) is 3. The summed E-state index contributed by atoms with van der Waals surface area (Å²) in [5.74, 6) is -0.250. The summed E-state index contributed by atoms with van der Waals surface area (Å²) >= 11 is 0. The first-order valence-corrected chi connectivity index (χ1v) is 4.61. The fourth-order valence-electron chi connectivity index (χ4n) is 0.907. The molecule has 0 unspecified atom stereocenters. The van der Waals surface area contributed by atoms with Gasteiger partial charge < -0.3 is 10.5 Å². The smallest absolute Gasteiger partial charge is 0.276 e. The zero-order chi connectivity index (χ0) is 12.0. The average molecular weight is 223 g/mol. The van der Waals surface area contributed by atoms with Crippen LogP contribution in [0.2, 0.25) is 0 Å². The molecule has 0 atom stereocenters. The third kappa shape index (κ3) is 4.32. The molecular weight excluding hydrogens is 210 g/mol. The Morgan fingerprint density at radius 1 is 1.25 bits per heavy atom. The fourth-order valence-corrected chi connectivity index (χ4v) is 0.907. The monoisotopic (exact) mass is 223 g/mol. The standard InChI is InChI=1S/C10H13N3O3/c1-7(14)12-13-10(15)6-16-9-4-2-8(11)3-5-9/h2-5H,6,11H2,1H3,(H,12,14)(H,13,15). The van der Waals surface area contributed by atoms with E-state index in [1.807, 2.05) is 0 Å². The van der Waals surface area contributed by atoms with Crippen LogP contribution in [-0.4, -0.2) is 18.4 Å². The van der Waals surface area contributed by atoms with E-state index in [9.17, 15) is 9.59 Å². The van der Waals surface area contributed by atoms with Gasteiger partial charge in [-0.25, -0.2) is 0 Å². The van der Waals surface area contributed by atoms with Crippen molar-refractivity contribution < 1.29 is 14.3 Å². The number of nitrogens with two attached hydrogens (primary N) is 1. The van der Waals surface area contributed by atoms with Crippen molar-refractivity contribution in [3.8, 4) is 5.75 Å². The zero-order valence-electron chi connectivity index (χ0n) is 8.82. The minimum atomic E-state index is -0.438. The lowest BCUT2D eigenvalue weighted by Gasteiger charge is -2.07. The predicted molar refractivity (Wildman–Crippen MR) is 58.3 cm³/mol. The van der Waals surface area contributed by atoms with Crippen LogP contribution in [0.4, 0.5) is 5.69 Å². The van der Waals surface area contributed by atoms with Crippen molar-refractivity contribution in [1.82, 2.24) is 10.9 Å². The van der Waals surface area contributed by atoms with Crippen molar-refractivity contribution in [2.24, 2.45) is 0 Å². The molecule has 1 aromatic rings. The summed E-state index contributed by atoms with van der Waals surface area (Å²) in [7, 11) is 0. The highest BCUT2D eigenvalue weighted by Gasteiger charge is 2.02. The molecule has 0 spiro atoms. The van der Waals surface area contributed by atoms with Gasteiger partial charge in [-0.05, 0) is 24.3 Å². The average Bonchev–Trinajstić information content (AvgIpc) is 2.25. The zero-order valence-corrected chi connectivity index (χ0v) is 8.82. The Kier molecular flexibility index (Phi) is 4.14. The maximum Gasteiger partial charge on any atom is 0.276 e. The van der Waals surface area contributed by atoms with Gasteiger partial charge in [0, 0.05) is 12.6 Å². The number of nitrogens with one attached hydrogen (secondary N) is 2. The van der Waals surface area contributed by atoms with E-state index in [4.69, 9.17) is 10.5 Å². The molecule has 2 amide bonds. The van der Waals surface area contributed by atoms with Crippen LogP contribution in [0.5, 0.6) is 5.75 Å². The van der Waals surface area contributed by atoms with Crippen LogP contribution >= 0.6 is 0 Å². The molecular formula is C10H13N3O3. The molecule has 0 saturated heterocycles. The van der Waals surface area contributed by atoms with E-state index >= 15 is 0 Å². The number of amides is 2. The van der Waals surface area contributed by atoms with Gasteiger partial charge in [0.25, 0.3) is 5.91 Å². The van der Waals surface area contributed by atoms with Gasteiger partial charge in [0.15, 0.2) is 6.61 Å². The molecule has 4 N–H and O–H groups in total. The largest absolute Gasteiger partial charge is 0.484 e. The lowest BCUT2D eigenvalue weighted by Crippen LogP contribution is -2.42. The molecule has 6 heteroatoms. The number of hydrogen-bond acceptors (Lipinski definition) is 4. The minimum absolute atomic E-state index is 0.176. The number of carbonyl (C=O) groups excluding carboxylic acids is 2. The second-order valence-electron chi connectivity index (χ2n) is 3.09. The quantitative estimate of drug-likeness (QED) is 0.489. The molecule has 0 saturated carbocycles. The van der Waals surface area contributed by atoms with Crippen LogP contribution in [0, 0.1) is 0 Å². The Labute approximate surface area is 92.7 Å². The highest BCUT2D eigenvalue weighted by molar-refractivity contribution is 5.81. The molecule has 1 rings (SSSR count). The summed E-state index contributed by atoms with van der Waals surface area (Å²) in [6.45, 7) is 1.12. The third-order valence-corrected chi connectivity index (χ3v) is 1.63. The van der Waals surface area contributed by atoms with Gasteiger partial charge >= 0.3 is 0 Å². The van der Waals surface area contributed by atoms with Gasteiger partial charge in [0.05, 0.1) is 0 Å².